The highest BCUT2D eigenvalue weighted by Crippen LogP contribution is 2.32. The molecular formula is C30H36F3N5O. The van der Waals surface area contributed by atoms with Gasteiger partial charge in [0.2, 0.25) is 5.91 Å². The summed E-state index contributed by atoms with van der Waals surface area (Å²) in [5, 5.41) is 6.30. The fourth-order valence-corrected chi connectivity index (χ4v) is 5.15. The van der Waals surface area contributed by atoms with Gasteiger partial charge >= 0.3 is 6.18 Å². The lowest BCUT2D eigenvalue weighted by Gasteiger charge is -2.25. The molecule has 0 saturated carbocycles. The zero-order valence-electron chi connectivity index (χ0n) is 22.4. The number of likely N-dealkylation sites (tertiary alicyclic amines) is 1. The van der Waals surface area contributed by atoms with Crippen LogP contribution in [0.25, 0.3) is 0 Å². The molecule has 0 bridgehead atoms. The van der Waals surface area contributed by atoms with Crippen LogP contribution in [0.5, 0.6) is 0 Å². The van der Waals surface area contributed by atoms with Crippen LogP contribution in [0.15, 0.2) is 73.1 Å². The number of carbonyl (C=O) groups excluding carboxylic acids is 1. The summed E-state index contributed by atoms with van der Waals surface area (Å²) in [6.45, 7) is 7.66. The maximum atomic E-state index is 13.5. The third kappa shape index (κ3) is 7.58. The molecule has 1 fully saturated rings. The number of alkyl halides is 3. The number of rotatable bonds is 11. The second-order valence-corrected chi connectivity index (χ2v) is 9.83. The highest BCUT2D eigenvalue weighted by atomic mass is 19.4. The Morgan fingerprint density at radius 3 is 2.41 bits per heavy atom. The van der Waals surface area contributed by atoms with E-state index < -0.39 is 17.8 Å². The topological polar surface area (TPSA) is 60.5 Å². The second kappa shape index (κ2) is 13.1. The summed E-state index contributed by atoms with van der Waals surface area (Å²) in [6, 6.07) is 17.2. The van der Waals surface area contributed by atoms with Crippen LogP contribution < -0.4 is 15.5 Å². The van der Waals surface area contributed by atoms with Crippen LogP contribution in [0.4, 0.5) is 18.9 Å². The third-order valence-corrected chi connectivity index (χ3v) is 7.25. The Hall–Kier alpha value is -3.43. The predicted octanol–water partition coefficient (Wildman–Crippen LogP) is 5.00. The van der Waals surface area contributed by atoms with E-state index in [2.05, 4.69) is 63.5 Å². The minimum absolute atomic E-state index is 0.0801. The Morgan fingerprint density at radius 2 is 1.74 bits per heavy atom. The van der Waals surface area contributed by atoms with Gasteiger partial charge in [-0.3, -0.25) is 14.7 Å². The molecule has 208 valence electrons. The van der Waals surface area contributed by atoms with E-state index in [0.717, 1.165) is 36.0 Å². The second-order valence-electron chi connectivity index (χ2n) is 9.83. The Labute approximate surface area is 228 Å². The van der Waals surface area contributed by atoms with E-state index in [9.17, 15) is 18.0 Å². The first-order chi connectivity index (χ1) is 18.8. The summed E-state index contributed by atoms with van der Waals surface area (Å²) in [5.41, 5.74) is 2.71. The number of halogens is 3. The monoisotopic (exact) mass is 539 g/mol. The van der Waals surface area contributed by atoms with E-state index >= 15 is 0 Å². The molecule has 9 heteroatoms. The maximum Gasteiger partial charge on any atom is 0.416 e. The molecule has 0 spiro atoms. The number of nitrogens with one attached hydrogen (secondary N) is 2. The first-order valence-corrected chi connectivity index (χ1v) is 13.4. The van der Waals surface area contributed by atoms with Crippen LogP contribution in [0, 0.1) is 0 Å². The van der Waals surface area contributed by atoms with E-state index in [0.29, 0.717) is 26.1 Å². The smallest absolute Gasteiger partial charge is 0.372 e. The molecule has 4 rings (SSSR count). The molecule has 1 saturated heterocycles. The molecule has 0 unspecified atom stereocenters. The van der Waals surface area contributed by atoms with Crippen LogP contribution in [0.2, 0.25) is 0 Å². The molecule has 2 heterocycles. The molecule has 6 nitrogen and oxygen atoms in total. The van der Waals surface area contributed by atoms with Gasteiger partial charge in [-0.2, -0.15) is 13.2 Å². The molecule has 1 aromatic heterocycles. The third-order valence-electron chi connectivity index (χ3n) is 7.25. The highest BCUT2D eigenvalue weighted by Gasteiger charge is 2.37. The number of hydrogen-bond acceptors (Lipinski definition) is 5. The molecule has 3 aromatic rings. The standard InChI is InChI=1S/C30H36F3N5O/c1-3-37(4-2)26-13-11-22(12-14-26)20-38-21-25(35-19-24-9-5-6-10-27(24)30(31,32)33)16-28(38)29(39)36-18-23-8-7-15-34-17-23/h5-15,17,25,28,35H,3-4,16,18-21H2,1-2H3,(H,36,39)/t25-,28-/m0/s1. The van der Waals surface area contributed by atoms with E-state index in [4.69, 9.17) is 0 Å². The summed E-state index contributed by atoms with van der Waals surface area (Å²) >= 11 is 0. The molecule has 2 aromatic carbocycles. The Morgan fingerprint density at radius 1 is 1.00 bits per heavy atom. The van der Waals surface area contributed by atoms with Crippen LogP contribution in [-0.2, 0) is 30.6 Å². The van der Waals surface area contributed by atoms with Crippen LogP contribution in [-0.4, -0.2) is 47.5 Å². The van der Waals surface area contributed by atoms with Gasteiger partial charge in [-0.1, -0.05) is 36.4 Å². The number of nitrogens with zero attached hydrogens (tertiary/aromatic N) is 3. The minimum Gasteiger partial charge on any atom is -0.372 e. The minimum atomic E-state index is -4.41. The van der Waals surface area contributed by atoms with Gasteiger partial charge in [-0.05, 0) is 61.2 Å². The van der Waals surface area contributed by atoms with Crippen LogP contribution in [0.3, 0.4) is 0 Å². The molecule has 0 radical (unpaired) electrons. The number of benzene rings is 2. The van der Waals surface area contributed by atoms with E-state index in [1.165, 1.54) is 12.1 Å². The number of aromatic nitrogens is 1. The maximum absolute atomic E-state index is 13.5. The van der Waals surface area contributed by atoms with Crippen molar-refractivity contribution in [2.45, 2.75) is 58.2 Å². The Bertz CT molecular complexity index is 1200. The van der Waals surface area contributed by atoms with Crippen molar-refractivity contribution in [2.24, 2.45) is 0 Å². The molecule has 2 atom stereocenters. The first kappa shape index (κ1) is 28.6. The fourth-order valence-electron chi connectivity index (χ4n) is 5.15. The number of anilines is 1. The average Bonchev–Trinajstić information content (AvgIpc) is 3.35. The van der Waals surface area contributed by atoms with Gasteiger partial charge in [-0.15, -0.1) is 0 Å². The Balaban J connectivity index is 1.46. The number of pyridine rings is 1. The quantitative estimate of drug-likeness (QED) is 0.359. The van der Waals surface area contributed by atoms with Gasteiger partial charge in [-0.25, -0.2) is 0 Å². The molecule has 1 aliphatic rings. The van der Waals surface area contributed by atoms with Crippen molar-refractivity contribution >= 4 is 11.6 Å². The van der Waals surface area contributed by atoms with Gasteiger partial charge in [0, 0.05) is 63.4 Å². The average molecular weight is 540 g/mol. The Kier molecular flexibility index (Phi) is 9.59. The first-order valence-electron chi connectivity index (χ1n) is 13.4. The van der Waals surface area contributed by atoms with Gasteiger partial charge in [0.15, 0.2) is 0 Å². The van der Waals surface area contributed by atoms with Gasteiger partial charge in [0.1, 0.15) is 0 Å². The summed E-state index contributed by atoms with van der Waals surface area (Å²) in [7, 11) is 0. The van der Waals surface area contributed by atoms with Crippen molar-refractivity contribution < 1.29 is 18.0 Å². The van der Waals surface area contributed by atoms with Crippen molar-refractivity contribution in [2.75, 3.05) is 24.5 Å². The van der Waals surface area contributed by atoms with E-state index in [1.807, 2.05) is 12.1 Å². The normalized spacial score (nSPS) is 17.8. The van der Waals surface area contributed by atoms with Crippen LogP contribution >= 0.6 is 0 Å². The lowest BCUT2D eigenvalue weighted by Crippen LogP contribution is -2.42. The molecule has 39 heavy (non-hydrogen) atoms. The fraction of sp³-hybridized carbons (Fsp3) is 0.400. The predicted molar refractivity (Wildman–Crippen MR) is 147 cm³/mol. The van der Waals surface area contributed by atoms with E-state index in [1.54, 1.807) is 18.5 Å². The number of amides is 1. The molecule has 1 amide bonds. The zero-order valence-corrected chi connectivity index (χ0v) is 22.4. The van der Waals surface area contributed by atoms with Crippen molar-refractivity contribution in [1.82, 2.24) is 20.5 Å². The molecule has 2 N–H and O–H groups in total. The van der Waals surface area contributed by atoms with Crippen molar-refractivity contribution in [3.63, 3.8) is 0 Å². The zero-order chi connectivity index (χ0) is 27.8. The molecule has 1 aliphatic heterocycles. The van der Waals surface area contributed by atoms with Gasteiger partial charge in [0.05, 0.1) is 11.6 Å². The number of carbonyl (C=O) groups is 1. The number of hydrogen-bond donors (Lipinski definition) is 2. The van der Waals surface area contributed by atoms with Crippen molar-refractivity contribution in [3.05, 3.63) is 95.3 Å². The summed E-state index contributed by atoms with van der Waals surface area (Å²) in [6.07, 6.45) is -0.508. The highest BCUT2D eigenvalue weighted by molar-refractivity contribution is 5.82. The SMILES string of the molecule is CCN(CC)c1ccc(CN2C[C@@H](NCc3ccccc3C(F)(F)F)C[C@H]2C(=O)NCc2cccnc2)cc1. The van der Waals surface area contributed by atoms with E-state index in [-0.39, 0.29) is 24.1 Å². The molecular weight excluding hydrogens is 503 g/mol. The summed E-state index contributed by atoms with van der Waals surface area (Å²) < 4.78 is 40.4. The van der Waals surface area contributed by atoms with Crippen molar-refractivity contribution in [3.8, 4) is 0 Å². The summed E-state index contributed by atoms with van der Waals surface area (Å²) in [5.74, 6) is -0.0985. The lowest BCUT2D eigenvalue weighted by atomic mass is 10.1. The molecule has 0 aliphatic carbocycles. The largest absolute Gasteiger partial charge is 0.416 e. The lowest BCUT2D eigenvalue weighted by molar-refractivity contribution is -0.138. The van der Waals surface area contributed by atoms with Gasteiger partial charge in [0.25, 0.3) is 0 Å². The van der Waals surface area contributed by atoms with Crippen LogP contribution in [0.1, 0.15) is 42.5 Å². The van der Waals surface area contributed by atoms with Gasteiger partial charge < -0.3 is 15.5 Å². The summed E-state index contributed by atoms with van der Waals surface area (Å²) in [4.78, 5) is 21.8. The van der Waals surface area contributed by atoms with Crippen molar-refractivity contribution in [1.29, 1.82) is 0 Å².